The van der Waals surface area contributed by atoms with Crippen molar-refractivity contribution in [3.8, 4) is 0 Å². The van der Waals surface area contributed by atoms with Gasteiger partial charge in [-0.15, -0.1) is 0 Å². The lowest BCUT2D eigenvalue weighted by atomic mass is 10.2. The highest BCUT2D eigenvalue weighted by molar-refractivity contribution is 7.92. The van der Waals surface area contributed by atoms with Crippen LogP contribution < -0.4 is 10.0 Å². The minimum atomic E-state index is -3.69. The number of hydrogen-bond donors (Lipinski definition) is 2. The summed E-state index contributed by atoms with van der Waals surface area (Å²) in [5.74, 6) is -0.225. The van der Waals surface area contributed by atoms with Gasteiger partial charge in [-0.3, -0.25) is 9.52 Å². The Morgan fingerprint density at radius 3 is 2.36 bits per heavy atom. The van der Waals surface area contributed by atoms with E-state index >= 15 is 0 Å². The first-order valence-corrected chi connectivity index (χ1v) is 9.39. The molecule has 0 radical (unpaired) electrons. The highest BCUT2D eigenvalue weighted by atomic mass is 32.2. The number of nitrogens with one attached hydrogen (secondary N) is 2. The summed E-state index contributed by atoms with van der Waals surface area (Å²) in [5, 5.41) is 2.79. The highest BCUT2D eigenvalue weighted by Crippen LogP contribution is 2.17. The number of carbonyl (C=O) groups excluding carboxylic acids is 1. The number of likely N-dealkylation sites (N-methyl/N-ethyl adjacent to an activating group) is 1. The second-order valence-corrected chi connectivity index (χ2v) is 7.74. The first kappa shape index (κ1) is 19.0. The fourth-order valence-corrected chi connectivity index (χ4v) is 3.25. The molecule has 0 fully saturated rings. The third kappa shape index (κ3) is 5.58. The number of hydrogen-bond acceptors (Lipinski definition) is 4. The van der Waals surface area contributed by atoms with Gasteiger partial charge in [-0.2, -0.15) is 0 Å². The van der Waals surface area contributed by atoms with Crippen molar-refractivity contribution >= 4 is 21.6 Å². The van der Waals surface area contributed by atoms with Crippen LogP contribution in [-0.2, 0) is 10.0 Å². The van der Waals surface area contributed by atoms with Crippen LogP contribution in [0.1, 0.15) is 15.9 Å². The summed E-state index contributed by atoms with van der Waals surface area (Å²) in [7, 11) is 0.158. The molecule has 2 aromatic rings. The van der Waals surface area contributed by atoms with E-state index in [1.54, 1.807) is 18.2 Å². The molecule has 7 heteroatoms. The van der Waals surface area contributed by atoms with Crippen molar-refractivity contribution in [3.63, 3.8) is 0 Å². The van der Waals surface area contributed by atoms with Gasteiger partial charge in [-0.1, -0.05) is 12.1 Å². The first-order chi connectivity index (χ1) is 11.8. The molecule has 0 aliphatic rings. The molecule has 25 heavy (non-hydrogen) atoms. The predicted molar refractivity (Wildman–Crippen MR) is 99.3 cm³/mol. The number of sulfonamides is 1. The van der Waals surface area contributed by atoms with Crippen molar-refractivity contribution < 1.29 is 13.2 Å². The van der Waals surface area contributed by atoms with Gasteiger partial charge in [0.1, 0.15) is 0 Å². The van der Waals surface area contributed by atoms with Crippen LogP contribution in [0.5, 0.6) is 0 Å². The average Bonchev–Trinajstić information content (AvgIpc) is 2.54. The number of anilines is 1. The fraction of sp³-hybridized carbons (Fsp3) is 0.278. The van der Waals surface area contributed by atoms with Crippen molar-refractivity contribution in [2.75, 3.05) is 31.9 Å². The van der Waals surface area contributed by atoms with E-state index in [4.69, 9.17) is 0 Å². The SMILES string of the molecule is Cc1cccc(NS(=O)(=O)c2ccc(C(=O)NCCN(C)C)cc2)c1. The van der Waals surface area contributed by atoms with Crippen LogP contribution in [0.4, 0.5) is 5.69 Å². The van der Waals surface area contributed by atoms with E-state index in [1.165, 1.54) is 24.3 Å². The average molecular weight is 361 g/mol. The normalized spacial score (nSPS) is 11.4. The number of amides is 1. The molecule has 0 heterocycles. The standard InChI is InChI=1S/C18H23N3O3S/c1-14-5-4-6-16(13-14)20-25(23,24)17-9-7-15(8-10-17)18(22)19-11-12-21(2)3/h4-10,13,20H,11-12H2,1-3H3,(H,19,22). The molecule has 0 saturated carbocycles. The van der Waals surface area contributed by atoms with Gasteiger partial charge in [-0.05, 0) is 63.0 Å². The minimum absolute atomic E-state index is 0.110. The van der Waals surface area contributed by atoms with Gasteiger partial charge >= 0.3 is 0 Å². The molecule has 0 atom stereocenters. The van der Waals surface area contributed by atoms with Crippen LogP contribution in [0.2, 0.25) is 0 Å². The van der Waals surface area contributed by atoms with Crippen molar-refractivity contribution in [2.24, 2.45) is 0 Å². The summed E-state index contributed by atoms with van der Waals surface area (Å²) in [4.78, 5) is 14.1. The molecule has 2 aromatic carbocycles. The van der Waals surface area contributed by atoms with Crippen molar-refractivity contribution in [1.82, 2.24) is 10.2 Å². The Labute approximate surface area is 148 Å². The van der Waals surface area contributed by atoms with E-state index in [0.717, 1.165) is 12.1 Å². The zero-order chi connectivity index (χ0) is 18.4. The smallest absolute Gasteiger partial charge is 0.261 e. The molecular weight excluding hydrogens is 338 g/mol. The topological polar surface area (TPSA) is 78.5 Å². The van der Waals surface area contributed by atoms with Crippen LogP contribution in [0.3, 0.4) is 0 Å². The summed E-state index contributed by atoms with van der Waals surface area (Å²) in [6.45, 7) is 3.15. The van der Waals surface area contributed by atoms with Crippen molar-refractivity contribution in [1.29, 1.82) is 0 Å². The monoisotopic (exact) mass is 361 g/mol. The number of nitrogens with zero attached hydrogens (tertiary/aromatic N) is 1. The third-order valence-electron chi connectivity index (χ3n) is 3.54. The lowest BCUT2D eigenvalue weighted by molar-refractivity contribution is 0.0951. The molecule has 0 bridgehead atoms. The predicted octanol–water partition coefficient (Wildman–Crippen LogP) is 2.09. The van der Waals surface area contributed by atoms with Gasteiger partial charge in [0.25, 0.3) is 15.9 Å². The molecule has 0 aromatic heterocycles. The maximum absolute atomic E-state index is 12.4. The lowest BCUT2D eigenvalue weighted by Gasteiger charge is -2.11. The fourth-order valence-electron chi connectivity index (χ4n) is 2.20. The Balaban J connectivity index is 2.06. The maximum Gasteiger partial charge on any atom is 0.261 e. The van der Waals surface area contributed by atoms with E-state index in [1.807, 2.05) is 32.0 Å². The summed E-state index contributed by atoms with van der Waals surface area (Å²) < 4.78 is 27.4. The van der Waals surface area contributed by atoms with Gasteiger partial charge in [0.15, 0.2) is 0 Å². The largest absolute Gasteiger partial charge is 0.351 e. The zero-order valence-corrected chi connectivity index (χ0v) is 15.4. The number of rotatable bonds is 7. The van der Waals surface area contributed by atoms with Crippen LogP contribution in [-0.4, -0.2) is 46.4 Å². The molecule has 1 amide bonds. The van der Waals surface area contributed by atoms with E-state index < -0.39 is 10.0 Å². The van der Waals surface area contributed by atoms with Crippen LogP contribution >= 0.6 is 0 Å². The van der Waals surface area contributed by atoms with Crippen LogP contribution in [0.15, 0.2) is 53.4 Å². The quantitative estimate of drug-likeness (QED) is 0.791. The van der Waals surface area contributed by atoms with Gasteiger partial charge in [0.05, 0.1) is 4.90 Å². The summed E-state index contributed by atoms with van der Waals surface area (Å²) in [5.41, 5.74) is 1.89. The van der Waals surface area contributed by atoms with Gasteiger partial charge in [-0.25, -0.2) is 8.42 Å². The van der Waals surface area contributed by atoms with E-state index in [2.05, 4.69) is 10.0 Å². The molecular formula is C18H23N3O3S. The second kappa shape index (κ2) is 8.13. The molecule has 2 N–H and O–H groups in total. The second-order valence-electron chi connectivity index (χ2n) is 6.06. The summed E-state index contributed by atoms with van der Waals surface area (Å²) >= 11 is 0. The van der Waals surface area contributed by atoms with E-state index in [9.17, 15) is 13.2 Å². The Hall–Kier alpha value is -2.38. The molecule has 0 saturated heterocycles. The summed E-state index contributed by atoms with van der Waals surface area (Å²) in [6.07, 6.45) is 0. The van der Waals surface area contributed by atoms with Crippen molar-refractivity contribution in [2.45, 2.75) is 11.8 Å². The van der Waals surface area contributed by atoms with Crippen LogP contribution in [0.25, 0.3) is 0 Å². The Morgan fingerprint density at radius 2 is 1.76 bits per heavy atom. The molecule has 2 rings (SSSR count). The van der Waals surface area contributed by atoms with E-state index in [0.29, 0.717) is 17.8 Å². The molecule has 0 aliphatic carbocycles. The minimum Gasteiger partial charge on any atom is -0.351 e. The lowest BCUT2D eigenvalue weighted by Crippen LogP contribution is -2.31. The molecule has 134 valence electrons. The Morgan fingerprint density at radius 1 is 1.08 bits per heavy atom. The third-order valence-corrected chi connectivity index (χ3v) is 4.94. The summed E-state index contributed by atoms with van der Waals surface area (Å²) in [6, 6.07) is 13.0. The Kier molecular flexibility index (Phi) is 6.17. The van der Waals surface area contributed by atoms with E-state index in [-0.39, 0.29) is 10.8 Å². The molecule has 0 unspecified atom stereocenters. The molecule has 0 spiro atoms. The number of benzene rings is 2. The van der Waals surface area contributed by atoms with Gasteiger partial charge < -0.3 is 10.2 Å². The van der Waals surface area contributed by atoms with Crippen molar-refractivity contribution in [3.05, 3.63) is 59.7 Å². The van der Waals surface area contributed by atoms with Gasteiger partial charge in [0, 0.05) is 24.3 Å². The maximum atomic E-state index is 12.4. The molecule has 0 aliphatic heterocycles. The van der Waals surface area contributed by atoms with Crippen LogP contribution in [0, 0.1) is 6.92 Å². The first-order valence-electron chi connectivity index (χ1n) is 7.90. The van der Waals surface area contributed by atoms with Gasteiger partial charge in [0.2, 0.25) is 0 Å². The highest BCUT2D eigenvalue weighted by Gasteiger charge is 2.15. The number of aryl methyl sites for hydroxylation is 1. The molecule has 6 nitrogen and oxygen atoms in total. The Bertz CT molecular complexity index is 831. The zero-order valence-electron chi connectivity index (χ0n) is 14.6. The number of carbonyl (C=O) groups is 1.